The molecule has 0 aliphatic heterocycles. The number of unbranched alkanes of at least 4 members (excludes halogenated alkanes) is 7. The van der Waals surface area contributed by atoms with Gasteiger partial charge in [-0.1, -0.05) is 51.2 Å². The highest BCUT2D eigenvalue weighted by Gasteiger charge is 1.94. The van der Waals surface area contributed by atoms with E-state index in [1.807, 2.05) is 0 Å². The van der Waals surface area contributed by atoms with Crippen molar-refractivity contribution in [3.63, 3.8) is 0 Å². The first-order valence-corrected chi connectivity index (χ1v) is 6.69. The van der Waals surface area contributed by atoms with Crippen LogP contribution in [-0.4, -0.2) is 11.7 Å². The van der Waals surface area contributed by atoms with E-state index in [0.29, 0.717) is 0 Å². The molecule has 0 saturated heterocycles. The van der Waals surface area contributed by atoms with E-state index >= 15 is 0 Å². The number of hydrogen-bond donors (Lipinski definition) is 0. The minimum Gasteiger partial charge on any atom is -0.314 e. The van der Waals surface area contributed by atoms with Crippen LogP contribution in [0.25, 0.3) is 0 Å². The van der Waals surface area contributed by atoms with Gasteiger partial charge in [0.25, 0.3) is 5.09 Å². The third-order valence-electron chi connectivity index (χ3n) is 2.58. The van der Waals surface area contributed by atoms with Gasteiger partial charge in [0.15, 0.2) is 0 Å². The van der Waals surface area contributed by atoms with Crippen molar-refractivity contribution in [1.29, 1.82) is 0 Å². The largest absolute Gasteiger partial charge is 0.314 e. The Labute approximate surface area is 104 Å². The standard InChI is InChI=1S/C13H25NO3/c1-2-3-4-5-6-7-8-9-10-11-12-13-17-14(15)16/h4-5H,2-3,6-13H2,1H3/b5-4+. The number of nitrogens with zero attached hydrogens (tertiary/aromatic N) is 1. The third kappa shape index (κ3) is 14.9. The van der Waals surface area contributed by atoms with Crippen molar-refractivity contribution >= 4 is 0 Å². The summed E-state index contributed by atoms with van der Waals surface area (Å²) < 4.78 is 0. The minimum absolute atomic E-state index is 0.243. The maximum atomic E-state index is 9.86. The molecule has 0 heterocycles. The SMILES string of the molecule is CCC/C=C/CCCCCCCCO[N+](=O)[O-]. The fraction of sp³-hybridized carbons (Fsp3) is 0.846. The summed E-state index contributed by atoms with van der Waals surface area (Å²) in [5.41, 5.74) is 0. The lowest BCUT2D eigenvalue weighted by Crippen LogP contribution is -2.01. The van der Waals surface area contributed by atoms with Gasteiger partial charge in [-0.05, 0) is 25.7 Å². The van der Waals surface area contributed by atoms with Gasteiger partial charge in [0.1, 0.15) is 0 Å². The highest BCUT2D eigenvalue weighted by atomic mass is 16.9. The molecule has 0 saturated carbocycles. The summed E-state index contributed by atoms with van der Waals surface area (Å²) in [7, 11) is 0. The van der Waals surface area contributed by atoms with Gasteiger partial charge in [-0.25, -0.2) is 0 Å². The first-order chi connectivity index (χ1) is 8.27. The summed E-state index contributed by atoms with van der Waals surface area (Å²) in [6, 6.07) is 0. The number of allylic oxidation sites excluding steroid dienone is 2. The van der Waals surface area contributed by atoms with Gasteiger partial charge in [-0.2, -0.15) is 0 Å². The van der Waals surface area contributed by atoms with E-state index in [4.69, 9.17) is 0 Å². The fourth-order valence-electron chi connectivity index (χ4n) is 1.61. The maximum Gasteiger partial charge on any atom is 0.294 e. The molecule has 17 heavy (non-hydrogen) atoms. The summed E-state index contributed by atoms with van der Waals surface area (Å²) in [6.07, 6.45) is 14.8. The average molecular weight is 243 g/mol. The van der Waals surface area contributed by atoms with Crippen molar-refractivity contribution in [3.8, 4) is 0 Å². The van der Waals surface area contributed by atoms with Crippen molar-refractivity contribution < 1.29 is 9.92 Å². The van der Waals surface area contributed by atoms with Gasteiger partial charge in [0, 0.05) is 0 Å². The maximum absolute atomic E-state index is 9.86. The Kier molecular flexibility index (Phi) is 12.2. The van der Waals surface area contributed by atoms with Crippen LogP contribution in [0.2, 0.25) is 0 Å². The third-order valence-corrected chi connectivity index (χ3v) is 2.58. The Bertz CT molecular complexity index is 205. The lowest BCUT2D eigenvalue weighted by molar-refractivity contribution is -0.757. The van der Waals surface area contributed by atoms with Crippen LogP contribution in [0.3, 0.4) is 0 Å². The fourth-order valence-corrected chi connectivity index (χ4v) is 1.61. The Morgan fingerprint density at radius 1 is 1.00 bits per heavy atom. The van der Waals surface area contributed by atoms with Crippen LogP contribution in [-0.2, 0) is 4.84 Å². The van der Waals surface area contributed by atoms with Crippen molar-refractivity contribution in [3.05, 3.63) is 22.3 Å². The monoisotopic (exact) mass is 243 g/mol. The molecular formula is C13H25NO3. The van der Waals surface area contributed by atoms with E-state index in [1.165, 1.54) is 38.5 Å². The van der Waals surface area contributed by atoms with E-state index < -0.39 is 5.09 Å². The molecule has 0 amide bonds. The Hall–Kier alpha value is -1.06. The van der Waals surface area contributed by atoms with Crippen LogP contribution in [0.15, 0.2) is 12.2 Å². The zero-order valence-corrected chi connectivity index (χ0v) is 10.9. The highest BCUT2D eigenvalue weighted by Crippen LogP contribution is 2.08. The summed E-state index contributed by atoms with van der Waals surface area (Å²) in [4.78, 5) is 14.1. The second kappa shape index (κ2) is 13.0. The van der Waals surface area contributed by atoms with E-state index in [0.717, 1.165) is 19.3 Å². The molecule has 0 unspecified atom stereocenters. The molecule has 0 aromatic rings. The van der Waals surface area contributed by atoms with E-state index in [2.05, 4.69) is 23.9 Å². The molecule has 0 aromatic heterocycles. The Morgan fingerprint density at radius 2 is 1.59 bits per heavy atom. The molecule has 0 aliphatic rings. The van der Waals surface area contributed by atoms with E-state index in [-0.39, 0.29) is 6.61 Å². The average Bonchev–Trinajstić information content (AvgIpc) is 2.30. The van der Waals surface area contributed by atoms with Crippen LogP contribution in [0.4, 0.5) is 0 Å². The number of rotatable bonds is 12. The molecule has 0 atom stereocenters. The zero-order valence-electron chi connectivity index (χ0n) is 10.9. The van der Waals surface area contributed by atoms with Crippen molar-refractivity contribution in [2.24, 2.45) is 0 Å². The molecule has 0 N–H and O–H groups in total. The molecule has 4 nitrogen and oxygen atoms in total. The summed E-state index contributed by atoms with van der Waals surface area (Å²) in [5, 5.41) is 9.14. The van der Waals surface area contributed by atoms with Gasteiger partial charge in [-0.15, -0.1) is 10.1 Å². The molecule has 0 aliphatic carbocycles. The second-order valence-corrected chi connectivity index (χ2v) is 4.23. The Balaban J connectivity index is 3.01. The predicted molar refractivity (Wildman–Crippen MR) is 69.3 cm³/mol. The van der Waals surface area contributed by atoms with E-state index in [1.54, 1.807) is 0 Å². The molecule has 0 radical (unpaired) electrons. The first kappa shape index (κ1) is 15.9. The summed E-state index contributed by atoms with van der Waals surface area (Å²) in [5.74, 6) is 0. The molecular weight excluding hydrogens is 218 g/mol. The summed E-state index contributed by atoms with van der Waals surface area (Å²) in [6.45, 7) is 2.43. The summed E-state index contributed by atoms with van der Waals surface area (Å²) >= 11 is 0. The van der Waals surface area contributed by atoms with E-state index in [9.17, 15) is 10.1 Å². The zero-order chi connectivity index (χ0) is 12.8. The van der Waals surface area contributed by atoms with Crippen molar-refractivity contribution in [2.75, 3.05) is 6.61 Å². The second-order valence-electron chi connectivity index (χ2n) is 4.23. The minimum atomic E-state index is -0.720. The predicted octanol–water partition coefficient (Wildman–Crippen LogP) is 4.28. The van der Waals surface area contributed by atoms with Crippen LogP contribution < -0.4 is 0 Å². The molecule has 0 spiro atoms. The molecule has 4 heteroatoms. The van der Waals surface area contributed by atoms with Crippen LogP contribution in [0.5, 0.6) is 0 Å². The van der Waals surface area contributed by atoms with Gasteiger partial charge >= 0.3 is 0 Å². The highest BCUT2D eigenvalue weighted by molar-refractivity contribution is 4.80. The van der Waals surface area contributed by atoms with Gasteiger partial charge in [0.05, 0.1) is 6.61 Å². The molecule has 0 fully saturated rings. The van der Waals surface area contributed by atoms with Gasteiger partial charge in [-0.3, -0.25) is 0 Å². The topological polar surface area (TPSA) is 52.4 Å². The molecule has 0 aromatic carbocycles. The quantitative estimate of drug-likeness (QED) is 0.222. The van der Waals surface area contributed by atoms with Crippen LogP contribution in [0, 0.1) is 10.1 Å². The molecule has 100 valence electrons. The smallest absolute Gasteiger partial charge is 0.294 e. The molecule has 0 bridgehead atoms. The molecule has 0 rings (SSSR count). The van der Waals surface area contributed by atoms with Crippen LogP contribution in [0.1, 0.15) is 64.7 Å². The van der Waals surface area contributed by atoms with Gasteiger partial charge < -0.3 is 4.84 Å². The van der Waals surface area contributed by atoms with Crippen LogP contribution >= 0.6 is 0 Å². The van der Waals surface area contributed by atoms with Crippen molar-refractivity contribution in [1.82, 2.24) is 0 Å². The van der Waals surface area contributed by atoms with Crippen molar-refractivity contribution in [2.45, 2.75) is 64.7 Å². The Morgan fingerprint density at radius 3 is 2.24 bits per heavy atom. The van der Waals surface area contributed by atoms with Gasteiger partial charge in [0.2, 0.25) is 0 Å². The first-order valence-electron chi connectivity index (χ1n) is 6.69. The number of hydrogen-bond acceptors (Lipinski definition) is 3. The normalized spacial score (nSPS) is 10.9. The lowest BCUT2D eigenvalue weighted by atomic mass is 10.1. The lowest BCUT2D eigenvalue weighted by Gasteiger charge is -2.00.